The van der Waals surface area contributed by atoms with Crippen molar-refractivity contribution in [3.63, 3.8) is 0 Å². The summed E-state index contributed by atoms with van der Waals surface area (Å²) in [5.74, 6) is -1.52. The van der Waals surface area contributed by atoms with Gasteiger partial charge in [-0.05, 0) is 63.1 Å². The van der Waals surface area contributed by atoms with Gasteiger partial charge in [-0.2, -0.15) is 13.2 Å². The van der Waals surface area contributed by atoms with Crippen molar-refractivity contribution < 1.29 is 41.0 Å². The summed E-state index contributed by atoms with van der Waals surface area (Å²) in [5.41, 5.74) is -1.34. The molecule has 0 bridgehead atoms. The summed E-state index contributed by atoms with van der Waals surface area (Å²) in [4.78, 5) is 12.6. The molecule has 0 unspecified atom stereocenters. The van der Waals surface area contributed by atoms with Crippen LogP contribution in [0.3, 0.4) is 0 Å². The first-order valence-corrected chi connectivity index (χ1v) is 12.4. The standard InChI is InChI=1S/C23H27F3N2O6S/c1-14(2)34-17-8-10-28(11-9-17)19-6-5-16(23(24,25)26)13-18(19)27-35(31,32)21-12-15(22(29)30)4-7-20(21)33-3/h4-7,12-14,17,27H,8-11H2,1-3H3,(H,29,30). The van der Waals surface area contributed by atoms with Gasteiger partial charge in [-0.3, -0.25) is 4.72 Å². The predicted molar refractivity (Wildman–Crippen MR) is 124 cm³/mol. The van der Waals surface area contributed by atoms with E-state index in [9.17, 15) is 31.5 Å². The van der Waals surface area contributed by atoms with Gasteiger partial charge >= 0.3 is 12.1 Å². The average Bonchev–Trinajstić information content (AvgIpc) is 2.78. The fourth-order valence-corrected chi connectivity index (χ4v) is 5.17. The Balaban J connectivity index is 2.00. The number of anilines is 2. The second-order valence-electron chi connectivity index (χ2n) is 8.38. The van der Waals surface area contributed by atoms with E-state index in [4.69, 9.17) is 9.47 Å². The van der Waals surface area contributed by atoms with Gasteiger partial charge in [0.05, 0.1) is 41.8 Å². The molecule has 0 aromatic heterocycles. The van der Waals surface area contributed by atoms with Crippen molar-refractivity contribution in [3.8, 4) is 5.75 Å². The summed E-state index contributed by atoms with van der Waals surface area (Å²) in [7, 11) is -3.32. The number of hydrogen-bond acceptors (Lipinski definition) is 6. The van der Waals surface area contributed by atoms with Crippen molar-refractivity contribution in [1.29, 1.82) is 0 Å². The van der Waals surface area contributed by atoms with Crippen LogP contribution in [0.15, 0.2) is 41.3 Å². The molecule has 8 nitrogen and oxygen atoms in total. The van der Waals surface area contributed by atoms with Gasteiger partial charge in [0.25, 0.3) is 10.0 Å². The van der Waals surface area contributed by atoms with Crippen LogP contribution in [0.2, 0.25) is 0 Å². The molecule has 1 saturated heterocycles. The van der Waals surface area contributed by atoms with Crippen molar-refractivity contribution in [2.45, 2.75) is 50.0 Å². The third-order valence-electron chi connectivity index (χ3n) is 5.52. The van der Waals surface area contributed by atoms with Crippen LogP contribution in [-0.2, 0) is 20.9 Å². The molecule has 0 aliphatic carbocycles. The summed E-state index contributed by atoms with van der Waals surface area (Å²) in [5, 5.41) is 9.25. The number of benzene rings is 2. The summed E-state index contributed by atoms with van der Waals surface area (Å²) >= 11 is 0. The number of rotatable bonds is 8. The smallest absolute Gasteiger partial charge is 0.416 e. The molecule has 2 N–H and O–H groups in total. The highest BCUT2D eigenvalue weighted by molar-refractivity contribution is 7.92. The van der Waals surface area contributed by atoms with Crippen LogP contribution >= 0.6 is 0 Å². The molecule has 192 valence electrons. The van der Waals surface area contributed by atoms with Gasteiger partial charge in [0.15, 0.2) is 0 Å². The van der Waals surface area contributed by atoms with Crippen LogP contribution in [0.1, 0.15) is 42.6 Å². The fraction of sp³-hybridized carbons (Fsp3) is 0.435. The molecule has 3 rings (SSSR count). The molecular weight excluding hydrogens is 489 g/mol. The Hall–Kier alpha value is -2.99. The Kier molecular flexibility index (Phi) is 7.85. The molecule has 0 radical (unpaired) electrons. The number of methoxy groups -OCH3 is 1. The number of carboxylic acids is 1. The zero-order valence-electron chi connectivity index (χ0n) is 19.4. The molecule has 1 aliphatic rings. The van der Waals surface area contributed by atoms with E-state index in [2.05, 4.69) is 4.72 Å². The molecule has 12 heteroatoms. The molecule has 35 heavy (non-hydrogen) atoms. The maximum Gasteiger partial charge on any atom is 0.416 e. The molecule has 0 saturated carbocycles. The van der Waals surface area contributed by atoms with Gasteiger partial charge < -0.3 is 19.5 Å². The first kappa shape index (κ1) is 26.6. The van der Waals surface area contributed by atoms with Crippen LogP contribution in [0.25, 0.3) is 0 Å². The lowest BCUT2D eigenvalue weighted by Crippen LogP contribution is -2.38. The maximum absolute atomic E-state index is 13.4. The van der Waals surface area contributed by atoms with E-state index >= 15 is 0 Å². The predicted octanol–water partition coefficient (Wildman–Crippen LogP) is 4.61. The average molecular weight is 517 g/mol. The van der Waals surface area contributed by atoms with Crippen LogP contribution in [0.4, 0.5) is 24.5 Å². The van der Waals surface area contributed by atoms with E-state index in [0.29, 0.717) is 25.9 Å². The number of nitrogens with zero attached hydrogens (tertiary/aromatic N) is 1. The van der Waals surface area contributed by atoms with E-state index in [1.54, 1.807) is 4.90 Å². The lowest BCUT2D eigenvalue weighted by Gasteiger charge is -2.35. The quantitative estimate of drug-likeness (QED) is 0.528. The van der Waals surface area contributed by atoms with Gasteiger partial charge in [0.1, 0.15) is 10.6 Å². The number of halogens is 3. The minimum Gasteiger partial charge on any atom is -0.495 e. The largest absolute Gasteiger partial charge is 0.495 e. The Morgan fingerprint density at radius 3 is 2.34 bits per heavy atom. The van der Waals surface area contributed by atoms with Crippen molar-refractivity contribution in [2.24, 2.45) is 0 Å². The van der Waals surface area contributed by atoms with E-state index in [0.717, 1.165) is 18.2 Å². The number of carboxylic acid groups (broad SMARTS) is 1. The van der Waals surface area contributed by atoms with Gasteiger partial charge in [0, 0.05) is 13.1 Å². The summed E-state index contributed by atoms with van der Waals surface area (Å²) in [6, 6.07) is 6.09. The highest BCUT2D eigenvalue weighted by Gasteiger charge is 2.33. The van der Waals surface area contributed by atoms with Crippen molar-refractivity contribution in [1.82, 2.24) is 0 Å². The summed E-state index contributed by atoms with van der Waals surface area (Å²) < 4.78 is 79.9. The van der Waals surface area contributed by atoms with Crippen molar-refractivity contribution in [3.05, 3.63) is 47.5 Å². The first-order chi connectivity index (χ1) is 16.3. The Labute approximate surface area is 201 Å². The molecule has 0 atom stereocenters. The highest BCUT2D eigenvalue weighted by Crippen LogP contribution is 2.38. The first-order valence-electron chi connectivity index (χ1n) is 10.9. The van der Waals surface area contributed by atoms with Crippen molar-refractivity contribution in [2.75, 3.05) is 29.8 Å². The Morgan fingerprint density at radius 2 is 1.80 bits per heavy atom. The number of aromatic carboxylic acids is 1. The van der Waals surface area contributed by atoms with E-state index in [1.165, 1.54) is 25.3 Å². The Morgan fingerprint density at radius 1 is 1.14 bits per heavy atom. The topological polar surface area (TPSA) is 105 Å². The van der Waals surface area contributed by atoms with Gasteiger partial charge in [-0.15, -0.1) is 0 Å². The number of alkyl halides is 3. The molecule has 0 spiro atoms. The molecule has 2 aromatic rings. The SMILES string of the molecule is COc1ccc(C(=O)O)cc1S(=O)(=O)Nc1cc(C(F)(F)F)ccc1N1CCC(OC(C)C)CC1. The molecule has 2 aromatic carbocycles. The number of ether oxygens (including phenoxy) is 2. The van der Waals surface area contributed by atoms with E-state index in [-0.39, 0.29) is 34.9 Å². The second-order valence-corrected chi connectivity index (χ2v) is 10.0. The van der Waals surface area contributed by atoms with Crippen LogP contribution in [-0.4, -0.2) is 51.9 Å². The maximum atomic E-state index is 13.4. The lowest BCUT2D eigenvalue weighted by atomic mass is 10.1. The highest BCUT2D eigenvalue weighted by atomic mass is 32.2. The minimum atomic E-state index is -4.70. The zero-order chi connectivity index (χ0) is 26.0. The van der Waals surface area contributed by atoms with Gasteiger partial charge in [0.2, 0.25) is 0 Å². The third-order valence-corrected chi connectivity index (χ3v) is 6.90. The molecule has 1 aliphatic heterocycles. The van der Waals surface area contributed by atoms with Crippen LogP contribution in [0.5, 0.6) is 5.75 Å². The van der Waals surface area contributed by atoms with Crippen LogP contribution in [0, 0.1) is 0 Å². The molecule has 1 heterocycles. The second kappa shape index (κ2) is 10.3. The van der Waals surface area contributed by atoms with Gasteiger partial charge in [-0.1, -0.05) is 0 Å². The normalized spacial score (nSPS) is 15.3. The number of carbonyl (C=O) groups is 1. The van der Waals surface area contributed by atoms with Crippen molar-refractivity contribution >= 4 is 27.4 Å². The van der Waals surface area contributed by atoms with E-state index < -0.39 is 32.6 Å². The molecular formula is C23H27F3N2O6S. The molecule has 0 amide bonds. The number of piperidine rings is 1. The third kappa shape index (κ3) is 6.37. The molecule has 1 fully saturated rings. The summed E-state index contributed by atoms with van der Waals surface area (Å²) in [6.45, 7) is 4.75. The minimum absolute atomic E-state index is 0.00357. The number of hydrogen-bond donors (Lipinski definition) is 2. The Bertz CT molecular complexity index is 1180. The summed E-state index contributed by atoms with van der Waals surface area (Å²) in [6.07, 6.45) is -3.40. The monoisotopic (exact) mass is 516 g/mol. The zero-order valence-corrected chi connectivity index (χ0v) is 20.2. The number of sulfonamides is 1. The van der Waals surface area contributed by atoms with Gasteiger partial charge in [-0.25, -0.2) is 13.2 Å². The van der Waals surface area contributed by atoms with E-state index in [1.807, 2.05) is 13.8 Å². The number of nitrogens with one attached hydrogen (secondary N) is 1. The van der Waals surface area contributed by atoms with Crippen LogP contribution < -0.4 is 14.4 Å². The fourth-order valence-electron chi connectivity index (χ4n) is 3.91. The lowest BCUT2D eigenvalue weighted by molar-refractivity contribution is -0.137.